The van der Waals surface area contributed by atoms with Crippen molar-refractivity contribution in [1.82, 2.24) is 5.32 Å². The molecule has 1 rings (SSSR count). The van der Waals surface area contributed by atoms with Gasteiger partial charge in [-0.2, -0.15) is 0 Å². The fourth-order valence-electron chi connectivity index (χ4n) is 1.41. The van der Waals surface area contributed by atoms with Crippen molar-refractivity contribution < 1.29 is 0 Å². The number of hydrogen-bond acceptors (Lipinski definition) is 1. The van der Waals surface area contributed by atoms with E-state index in [4.69, 9.17) is 11.6 Å². The van der Waals surface area contributed by atoms with Crippen molar-refractivity contribution in [1.29, 1.82) is 0 Å². The summed E-state index contributed by atoms with van der Waals surface area (Å²) in [5, 5.41) is 4.25. The number of halogens is 1. The Kier molecular flexibility index (Phi) is 4.37. The zero-order valence-electron chi connectivity index (χ0n) is 9.55. The molecule has 0 aliphatic carbocycles. The predicted octanol–water partition coefficient (Wildman–Crippen LogP) is 3.78. The van der Waals surface area contributed by atoms with Gasteiger partial charge in [0.25, 0.3) is 0 Å². The second kappa shape index (κ2) is 5.34. The van der Waals surface area contributed by atoms with Crippen LogP contribution in [0, 0.1) is 0 Å². The van der Waals surface area contributed by atoms with Gasteiger partial charge in [0.2, 0.25) is 0 Å². The van der Waals surface area contributed by atoms with Crippen molar-refractivity contribution in [2.45, 2.75) is 32.9 Å². The maximum Gasteiger partial charge on any atom is 0.0406 e. The van der Waals surface area contributed by atoms with Gasteiger partial charge >= 0.3 is 0 Å². The van der Waals surface area contributed by atoms with Gasteiger partial charge in [0.15, 0.2) is 0 Å². The predicted molar refractivity (Wildman–Crippen MR) is 67.2 cm³/mol. The normalized spacial score (nSPS) is 12.3. The molecule has 15 heavy (non-hydrogen) atoms. The lowest BCUT2D eigenvalue weighted by atomic mass is 10.0. The molecular weight excluding hydrogens is 206 g/mol. The Balaban J connectivity index is 2.53. The highest BCUT2D eigenvalue weighted by atomic mass is 35.5. The molecule has 0 fully saturated rings. The first-order chi connectivity index (χ1) is 7.03. The molecule has 0 heterocycles. The lowest BCUT2D eigenvalue weighted by Gasteiger charge is -2.22. The largest absolute Gasteiger partial charge is 0.304 e. The first-order valence-corrected chi connectivity index (χ1v) is 5.54. The summed E-state index contributed by atoms with van der Waals surface area (Å²) in [6.07, 6.45) is 4.22. The second-order valence-corrected chi connectivity index (χ2v) is 4.64. The van der Waals surface area contributed by atoms with Gasteiger partial charge in [0.1, 0.15) is 0 Å². The molecule has 1 aromatic rings. The van der Waals surface area contributed by atoms with Crippen LogP contribution in [0.3, 0.4) is 0 Å². The minimum atomic E-state index is 0.0361. The zero-order chi connectivity index (χ0) is 11.3. The van der Waals surface area contributed by atoms with E-state index in [1.807, 2.05) is 31.2 Å². The fourth-order valence-corrected chi connectivity index (χ4v) is 1.53. The summed E-state index contributed by atoms with van der Waals surface area (Å²) in [6, 6.07) is 7.92. The topological polar surface area (TPSA) is 12.0 Å². The average molecular weight is 224 g/mol. The van der Waals surface area contributed by atoms with E-state index < -0.39 is 0 Å². The van der Waals surface area contributed by atoms with Crippen LogP contribution in [0.5, 0.6) is 0 Å². The highest BCUT2D eigenvalue weighted by Crippen LogP contribution is 2.11. The Morgan fingerprint density at radius 2 is 1.87 bits per heavy atom. The fraction of sp³-hybridized carbons (Fsp3) is 0.385. The van der Waals surface area contributed by atoms with Gasteiger partial charge in [-0.15, -0.1) is 0 Å². The molecule has 0 aromatic heterocycles. The van der Waals surface area contributed by atoms with E-state index >= 15 is 0 Å². The molecule has 1 nitrogen and oxygen atoms in total. The van der Waals surface area contributed by atoms with Crippen LogP contribution >= 0.6 is 11.6 Å². The third kappa shape index (κ3) is 4.50. The van der Waals surface area contributed by atoms with E-state index in [0.717, 1.165) is 11.6 Å². The molecule has 0 saturated heterocycles. The van der Waals surface area contributed by atoms with Gasteiger partial charge < -0.3 is 5.32 Å². The van der Waals surface area contributed by atoms with Crippen LogP contribution in [0.2, 0.25) is 5.02 Å². The van der Waals surface area contributed by atoms with Crippen LogP contribution in [0.1, 0.15) is 26.3 Å². The standard InChI is InChI=1S/C13H18ClN/c1-4-9-13(2,3)15-10-11-5-7-12(14)8-6-11/h4-9,15H,10H2,1-3H3/b9-4-. The van der Waals surface area contributed by atoms with Gasteiger partial charge in [-0.25, -0.2) is 0 Å². The van der Waals surface area contributed by atoms with E-state index in [2.05, 4.69) is 31.3 Å². The van der Waals surface area contributed by atoms with Gasteiger partial charge in [0, 0.05) is 17.1 Å². The molecule has 82 valence electrons. The number of allylic oxidation sites excluding steroid dienone is 1. The third-order valence-corrected chi connectivity index (χ3v) is 2.50. The number of rotatable bonds is 4. The molecule has 1 aromatic carbocycles. The smallest absolute Gasteiger partial charge is 0.0406 e. The first kappa shape index (κ1) is 12.3. The highest BCUT2D eigenvalue weighted by molar-refractivity contribution is 6.30. The summed E-state index contributed by atoms with van der Waals surface area (Å²) < 4.78 is 0. The Bertz CT molecular complexity index is 325. The van der Waals surface area contributed by atoms with Crippen LogP contribution in [-0.2, 0) is 6.54 Å². The summed E-state index contributed by atoms with van der Waals surface area (Å²) in [7, 11) is 0. The van der Waals surface area contributed by atoms with Crippen molar-refractivity contribution >= 4 is 11.6 Å². The van der Waals surface area contributed by atoms with E-state index in [0.29, 0.717) is 0 Å². The molecule has 0 bridgehead atoms. The number of benzene rings is 1. The van der Waals surface area contributed by atoms with Gasteiger partial charge in [-0.05, 0) is 38.5 Å². The maximum atomic E-state index is 5.82. The molecular formula is C13H18ClN. The molecule has 0 amide bonds. The first-order valence-electron chi connectivity index (χ1n) is 5.17. The summed E-state index contributed by atoms with van der Waals surface area (Å²) in [5.41, 5.74) is 1.28. The van der Waals surface area contributed by atoms with Crippen molar-refractivity contribution in [2.24, 2.45) is 0 Å². The van der Waals surface area contributed by atoms with Crippen LogP contribution < -0.4 is 5.32 Å². The molecule has 2 heteroatoms. The summed E-state index contributed by atoms with van der Waals surface area (Å²) in [5.74, 6) is 0. The van der Waals surface area contributed by atoms with E-state index in [1.54, 1.807) is 0 Å². The van der Waals surface area contributed by atoms with Gasteiger partial charge in [-0.3, -0.25) is 0 Å². The quantitative estimate of drug-likeness (QED) is 0.766. The summed E-state index contributed by atoms with van der Waals surface area (Å²) in [6.45, 7) is 7.20. The lowest BCUT2D eigenvalue weighted by Crippen LogP contribution is -2.36. The summed E-state index contributed by atoms with van der Waals surface area (Å²) >= 11 is 5.82. The monoisotopic (exact) mass is 223 g/mol. The van der Waals surface area contributed by atoms with Crippen LogP contribution in [0.4, 0.5) is 0 Å². The van der Waals surface area contributed by atoms with Crippen molar-refractivity contribution in [3.8, 4) is 0 Å². The molecule has 1 N–H and O–H groups in total. The third-order valence-electron chi connectivity index (χ3n) is 2.24. The lowest BCUT2D eigenvalue weighted by molar-refractivity contribution is 0.473. The Morgan fingerprint density at radius 3 is 2.40 bits per heavy atom. The molecule has 0 unspecified atom stereocenters. The Morgan fingerprint density at radius 1 is 1.27 bits per heavy atom. The molecule has 0 radical (unpaired) electrons. The Hall–Kier alpha value is -0.790. The van der Waals surface area contributed by atoms with E-state index in [1.165, 1.54) is 5.56 Å². The SMILES string of the molecule is C/C=C\C(C)(C)NCc1ccc(Cl)cc1. The molecule has 0 aliphatic rings. The minimum absolute atomic E-state index is 0.0361. The van der Waals surface area contributed by atoms with Gasteiger partial charge in [-0.1, -0.05) is 35.9 Å². The van der Waals surface area contributed by atoms with Crippen LogP contribution in [-0.4, -0.2) is 5.54 Å². The van der Waals surface area contributed by atoms with E-state index in [-0.39, 0.29) is 5.54 Å². The van der Waals surface area contributed by atoms with Crippen LogP contribution in [0.25, 0.3) is 0 Å². The number of hydrogen-bond donors (Lipinski definition) is 1. The number of nitrogens with one attached hydrogen (secondary N) is 1. The van der Waals surface area contributed by atoms with Gasteiger partial charge in [0.05, 0.1) is 0 Å². The van der Waals surface area contributed by atoms with Crippen molar-refractivity contribution in [3.05, 3.63) is 47.0 Å². The Labute approximate surface area is 97.1 Å². The van der Waals surface area contributed by atoms with Crippen molar-refractivity contribution in [2.75, 3.05) is 0 Å². The van der Waals surface area contributed by atoms with E-state index in [9.17, 15) is 0 Å². The zero-order valence-corrected chi connectivity index (χ0v) is 10.3. The molecule has 0 saturated carbocycles. The minimum Gasteiger partial charge on any atom is -0.304 e. The molecule has 0 spiro atoms. The average Bonchev–Trinajstić information content (AvgIpc) is 2.17. The second-order valence-electron chi connectivity index (χ2n) is 4.20. The molecule has 0 atom stereocenters. The van der Waals surface area contributed by atoms with Crippen LogP contribution in [0.15, 0.2) is 36.4 Å². The summed E-state index contributed by atoms with van der Waals surface area (Å²) in [4.78, 5) is 0. The highest BCUT2D eigenvalue weighted by Gasteiger charge is 2.11. The van der Waals surface area contributed by atoms with Crippen molar-refractivity contribution in [3.63, 3.8) is 0 Å². The maximum absolute atomic E-state index is 5.82. The molecule has 0 aliphatic heterocycles.